The van der Waals surface area contributed by atoms with Crippen molar-refractivity contribution in [2.45, 2.75) is 12.1 Å². The van der Waals surface area contributed by atoms with Crippen LogP contribution >= 0.6 is 8.07 Å². The van der Waals surface area contributed by atoms with Gasteiger partial charge in [0.2, 0.25) is 0 Å². The highest BCUT2D eigenvalue weighted by molar-refractivity contribution is 7.70. The van der Waals surface area contributed by atoms with E-state index < -0.39 is 8.07 Å². The maximum absolute atomic E-state index is 3.62. The Labute approximate surface area is 187 Å². The molecule has 0 amide bonds. The first-order chi connectivity index (χ1) is 15.3. The summed E-state index contributed by atoms with van der Waals surface area (Å²) in [6.07, 6.45) is 0. The van der Waals surface area contributed by atoms with Gasteiger partial charge >= 0.3 is 0 Å². The number of benzene rings is 4. The van der Waals surface area contributed by atoms with Gasteiger partial charge in [0.15, 0.2) is 0 Å². The summed E-state index contributed by atoms with van der Waals surface area (Å²) < 4.78 is 2.57. The van der Waals surface area contributed by atoms with Gasteiger partial charge in [0, 0.05) is 8.07 Å². The van der Waals surface area contributed by atoms with Crippen LogP contribution in [0.15, 0.2) is 121 Å². The zero-order valence-corrected chi connectivity index (χ0v) is 19.0. The van der Waals surface area contributed by atoms with Gasteiger partial charge in [-0.15, -0.1) is 0 Å². The van der Waals surface area contributed by atoms with Gasteiger partial charge in [0.25, 0.3) is 0 Å². The van der Waals surface area contributed by atoms with Gasteiger partial charge in [-0.1, -0.05) is 121 Å². The summed E-state index contributed by atoms with van der Waals surface area (Å²) in [6.45, 7) is 0. The number of hydrogen-bond acceptors (Lipinski definition) is 2. The molecule has 156 valence electrons. The number of nitrogens with zero attached hydrogens (tertiary/aromatic N) is 1. The van der Waals surface area contributed by atoms with Gasteiger partial charge in [0.05, 0.1) is 12.1 Å². The Hall–Kier alpha value is -2.77. The van der Waals surface area contributed by atoms with E-state index in [0.717, 1.165) is 0 Å². The monoisotopic (exact) mass is 424 g/mol. The van der Waals surface area contributed by atoms with Gasteiger partial charge < -0.3 is 5.32 Å². The third kappa shape index (κ3) is 4.94. The third-order valence-corrected chi connectivity index (χ3v) is 8.10. The molecule has 0 unspecified atom stereocenters. The van der Waals surface area contributed by atoms with Crippen molar-refractivity contribution in [3.8, 4) is 0 Å². The second-order valence-corrected chi connectivity index (χ2v) is 9.88. The summed E-state index contributed by atoms with van der Waals surface area (Å²) in [5, 5.41) is 6.34. The van der Waals surface area contributed by atoms with Crippen LogP contribution in [-0.2, 0) is 0 Å². The van der Waals surface area contributed by atoms with Crippen LogP contribution in [0.3, 0.4) is 0 Å². The second kappa shape index (κ2) is 10.5. The maximum atomic E-state index is 3.62. The summed E-state index contributed by atoms with van der Waals surface area (Å²) in [7, 11) is 3.63. The zero-order chi connectivity index (χ0) is 21.5. The van der Waals surface area contributed by atoms with E-state index in [0.29, 0.717) is 0 Å². The fraction of sp³-hybridized carbons (Fsp3) is 0.143. The minimum atomic E-state index is -0.710. The summed E-state index contributed by atoms with van der Waals surface area (Å²) in [6, 6.07) is 43.8. The fourth-order valence-electron chi connectivity index (χ4n) is 4.22. The van der Waals surface area contributed by atoms with Crippen molar-refractivity contribution in [3.63, 3.8) is 0 Å². The molecule has 4 aromatic carbocycles. The molecular weight excluding hydrogens is 395 g/mol. The van der Waals surface area contributed by atoms with Crippen molar-refractivity contribution in [1.29, 1.82) is 0 Å². The van der Waals surface area contributed by atoms with E-state index in [9.17, 15) is 0 Å². The lowest BCUT2D eigenvalue weighted by molar-refractivity contribution is 0.320. The van der Waals surface area contributed by atoms with E-state index >= 15 is 0 Å². The zero-order valence-electron chi connectivity index (χ0n) is 18.1. The lowest BCUT2D eigenvalue weighted by Gasteiger charge is -2.40. The number of hydrogen-bond donors (Lipinski definition) is 1. The molecule has 1 N–H and O–H groups in total. The van der Waals surface area contributed by atoms with Crippen molar-refractivity contribution in [3.05, 3.63) is 132 Å². The Balaban J connectivity index is 1.84. The van der Waals surface area contributed by atoms with Crippen molar-refractivity contribution < 1.29 is 0 Å². The summed E-state index contributed by atoms with van der Waals surface area (Å²) in [4.78, 5) is 0. The standard InChI is InChI=1S/C28H29N2P/c1-29-27(23-15-7-3-8-16-23)28(24-17-9-4-10-18-24)30(2)31(25-19-11-5-12-20-25)26-21-13-6-14-22-26/h3-22,27-29H,1-2H3/t27-,28+/m1/s1. The van der Waals surface area contributed by atoms with Crippen LogP contribution in [0.2, 0.25) is 0 Å². The molecule has 0 saturated carbocycles. The molecule has 0 bridgehead atoms. The smallest absolute Gasteiger partial charge is 0.0582 e. The molecule has 0 spiro atoms. The predicted octanol–water partition coefficient (Wildman–Crippen LogP) is 5.67. The van der Waals surface area contributed by atoms with Crippen molar-refractivity contribution in [2.24, 2.45) is 0 Å². The minimum Gasteiger partial charge on any atom is -0.311 e. The first-order valence-electron chi connectivity index (χ1n) is 10.7. The van der Waals surface area contributed by atoms with Crippen LogP contribution in [0.4, 0.5) is 0 Å². The highest BCUT2D eigenvalue weighted by Crippen LogP contribution is 2.47. The van der Waals surface area contributed by atoms with E-state index in [2.05, 4.69) is 145 Å². The fourth-order valence-corrected chi connectivity index (χ4v) is 6.67. The molecule has 0 radical (unpaired) electrons. The first kappa shape index (κ1) is 21.5. The average Bonchev–Trinajstić information content (AvgIpc) is 2.85. The summed E-state index contributed by atoms with van der Waals surface area (Å²) >= 11 is 0. The molecular formula is C28H29N2P. The van der Waals surface area contributed by atoms with Crippen LogP contribution in [-0.4, -0.2) is 18.8 Å². The van der Waals surface area contributed by atoms with Gasteiger partial charge in [-0.3, -0.25) is 4.67 Å². The maximum Gasteiger partial charge on any atom is 0.0582 e. The lowest BCUT2D eigenvalue weighted by atomic mass is 9.93. The van der Waals surface area contributed by atoms with Gasteiger partial charge in [-0.05, 0) is 35.8 Å². The Morgan fingerprint density at radius 2 is 0.968 bits per heavy atom. The van der Waals surface area contributed by atoms with E-state index in [1.807, 2.05) is 0 Å². The van der Waals surface area contributed by atoms with Gasteiger partial charge in [0.1, 0.15) is 0 Å². The SMILES string of the molecule is CN[C@H](c1ccccc1)[C@H](c1ccccc1)N(C)P(c1ccccc1)c1ccccc1. The molecule has 31 heavy (non-hydrogen) atoms. The quantitative estimate of drug-likeness (QED) is 0.367. The predicted molar refractivity (Wildman–Crippen MR) is 134 cm³/mol. The van der Waals surface area contributed by atoms with Crippen LogP contribution in [0.1, 0.15) is 23.2 Å². The summed E-state index contributed by atoms with van der Waals surface area (Å²) in [5.41, 5.74) is 2.61. The molecule has 0 heterocycles. The molecule has 4 aromatic rings. The van der Waals surface area contributed by atoms with Gasteiger partial charge in [-0.25, -0.2) is 0 Å². The Kier molecular flexibility index (Phi) is 7.27. The van der Waals surface area contributed by atoms with Crippen molar-refractivity contribution in [1.82, 2.24) is 9.99 Å². The van der Waals surface area contributed by atoms with E-state index in [4.69, 9.17) is 0 Å². The molecule has 0 aromatic heterocycles. The topological polar surface area (TPSA) is 15.3 Å². The lowest BCUT2D eigenvalue weighted by Crippen LogP contribution is -2.36. The Bertz CT molecular complexity index is 1000. The van der Waals surface area contributed by atoms with E-state index in [1.165, 1.54) is 21.7 Å². The number of rotatable bonds is 8. The molecule has 2 nitrogen and oxygen atoms in total. The minimum absolute atomic E-state index is 0.158. The van der Waals surface area contributed by atoms with Crippen LogP contribution in [0.25, 0.3) is 0 Å². The van der Waals surface area contributed by atoms with Crippen molar-refractivity contribution >= 4 is 18.7 Å². The highest BCUT2D eigenvalue weighted by atomic mass is 31.1. The first-order valence-corrected chi connectivity index (χ1v) is 12.0. The molecule has 0 fully saturated rings. The number of nitrogens with one attached hydrogen (secondary N) is 1. The van der Waals surface area contributed by atoms with Crippen LogP contribution in [0, 0.1) is 0 Å². The third-order valence-electron chi connectivity index (χ3n) is 5.65. The highest BCUT2D eigenvalue weighted by Gasteiger charge is 2.32. The molecule has 4 rings (SSSR count). The molecule has 2 atom stereocenters. The Morgan fingerprint density at radius 1 is 0.581 bits per heavy atom. The van der Waals surface area contributed by atoms with Crippen LogP contribution < -0.4 is 15.9 Å². The summed E-state index contributed by atoms with van der Waals surface area (Å²) in [5.74, 6) is 0. The largest absolute Gasteiger partial charge is 0.311 e. The molecule has 0 aliphatic heterocycles. The second-order valence-electron chi connectivity index (χ2n) is 7.59. The molecule has 0 saturated heterocycles. The van der Waals surface area contributed by atoms with Gasteiger partial charge in [-0.2, -0.15) is 0 Å². The Morgan fingerprint density at radius 3 is 1.39 bits per heavy atom. The molecule has 3 heteroatoms. The van der Waals surface area contributed by atoms with Crippen molar-refractivity contribution in [2.75, 3.05) is 14.1 Å². The average molecular weight is 425 g/mol. The molecule has 0 aliphatic carbocycles. The van der Waals surface area contributed by atoms with E-state index in [1.54, 1.807) is 0 Å². The normalized spacial score (nSPS) is 13.3. The number of likely N-dealkylation sites (N-methyl/N-ethyl adjacent to an activating group) is 2. The molecule has 0 aliphatic rings. The van der Waals surface area contributed by atoms with E-state index in [-0.39, 0.29) is 12.1 Å². The van der Waals surface area contributed by atoms with Crippen LogP contribution in [0.5, 0.6) is 0 Å².